The minimum Gasteiger partial charge on any atom is -0.496 e. The van der Waals surface area contributed by atoms with E-state index in [1.807, 2.05) is 30.3 Å². The first-order valence-electron chi connectivity index (χ1n) is 10.2. The number of halogens is 3. The number of hydrogen-bond donors (Lipinski definition) is 0. The minimum absolute atomic E-state index is 0.456. The lowest BCUT2D eigenvalue weighted by Gasteiger charge is -2.20. The number of nitrogens with zero attached hydrogens (tertiary/aromatic N) is 1. The van der Waals surface area contributed by atoms with E-state index >= 15 is 0 Å². The van der Waals surface area contributed by atoms with E-state index in [1.54, 1.807) is 14.2 Å². The van der Waals surface area contributed by atoms with Crippen molar-refractivity contribution in [2.75, 3.05) is 27.4 Å². The Hall–Kier alpha value is -3.19. The maximum atomic E-state index is 12.9. The van der Waals surface area contributed by atoms with Gasteiger partial charge < -0.3 is 14.2 Å². The monoisotopic (exact) mass is 443 g/mol. The average molecular weight is 443 g/mol. The minimum atomic E-state index is -4.33. The summed E-state index contributed by atoms with van der Waals surface area (Å²) < 4.78 is 55.7. The molecule has 0 amide bonds. The molecule has 32 heavy (non-hydrogen) atoms. The Bertz CT molecular complexity index is 1080. The number of fused-ring (bicyclic) bond motifs is 1. The van der Waals surface area contributed by atoms with Gasteiger partial charge in [-0.25, -0.2) is 0 Å². The predicted molar refractivity (Wildman–Crippen MR) is 116 cm³/mol. The summed E-state index contributed by atoms with van der Waals surface area (Å²) in [6, 6.07) is 17.0. The standard InChI is InChI=1S/C25H24F3NO3/c1-30-22-6-4-3-5-21(22)18-13-19-16-29(11-12-32-24(19)23(14-18)31-2)15-17-7-9-20(10-8-17)25(26,27)28/h3-10,13-14H,11-12,15-16H2,1-2H3. The van der Waals surface area contributed by atoms with Crippen molar-refractivity contribution >= 4 is 0 Å². The van der Waals surface area contributed by atoms with E-state index in [2.05, 4.69) is 11.0 Å². The van der Waals surface area contributed by atoms with Crippen LogP contribution in [0.2, 0.25) is 0 Å². The van der Waals surface area contributed by atoms with Crippen molar-refractivity contribution < 1.29 is 27.4 Å². The molecule has 1 aliphatic heterocycles. The molecule has 0 bridgehead atoms. The number of methoxy groups -OCH3 is 2. The molecule has 0 spiro atoms. The van der Waals surface area contributed by atoms with E-state index in [4.69, 9.17) is 14.2 Å². The van der Waals surface area contributed by atoms with Crippen molar-refractivity contribution in [1.82, 2.24) is 4.90 Å². The Kier molecular flexibility index (Phi) is 6.28. The molecule has 0 fully saturated rings. The second-order valence-electron chi connectivity index (χ2n) is 7.62. The third kappa shape index (κ3) is 4.67. The summed E-state index contributed by atoms with van der Waals surface area (Å²) in [4.78, 5) is 2.15. The van der Waals surface area contributed by atoms with Crippen molar-refractivity contribution in [2.24, 2.45) is 0 Å². The lowest BCUT2D eigenvalue weighted by molar-refractivity contribution is -0.137. The Morgan fingerprint density at radius 3 is 2.34 bits per heavy atom. The van der Waals surface area contributed by atoms with Crippen LogP contribution in [-0.2, 0) is 19.3 Å². The van der Waals surface area contributed by atoms with Crippen LogP contribution in [0, 0.1) is 0 Å². The van der Waals surface area contributed by atoms with Crippen molar-refractivity contribution in [1.29, 1.82) is 0 Å². The third-order valence-electron chi connectivity index (χ3n) is 5.50. The molecular formula is C25H24F3NO3. The van der Waals surface area contributed by atoms with Gasteiger partial charge in [-0.1, -0.05) is 30.3 Å². The van der Waals surface area contributed by atoms with Gasteiger partial charge in [0.15, 0.2) is 11.5 Å². The lowest BCUT2D eigenvalue weighted by Crippen LogP contribution is -2.25. The van der Waals surface area contributed by atoms with E-state index in [9.17, 15) is 13.2 Å². The van der Waals surface area contributed by atoms with Crippen molar-refractivity contribution in [3.05, 3.63) is 77.4 Å². The Labute approximate surface area is 185 Å². The average Bonchev–Trinajstić information content (AvgIpc) is 2.99. The van der Waals surface area contributed by atoms with Crippen LogP contribution in [-0.4, -0.2) is 32.3 Å². The largest absolute Gasteiger partial charge is 0.496 e. The number of alkyl halides is 3. The summed E-state index contributed by atoms with van der Waals surface area (Å²) in [5, 5.41) is 0. The lowest BCUT2D eigenvalue weighted by atomic mass is 10.0. The van der Waals surface area contributed by atoms with Gasteiger partial charge in [-0.05, 0) is 41.5 Å². The molecule has 1 aliphatic rings. The first kappa shape index (κ1) is 22.0. The van der Waals surface area contributed by atoms with E-state index in [-0.39, 0.29) is 0 Å². The van der Waals surface area contributed by atoms with Crippen LogP contribution in [0.3, 0.4) is 0 Å². The number of rotatable bonds is 5. The van der Waals surface area contributed by atoms with Crippen LogP contribution in [0.15, 0.2) is 60.7 Å². The van der Waals surface area contributed by atoms with Crippen LogP contribution in [0.25, 0.3) is 11.1 Å². The van der Waals surface area contributed by atoms with Crippen molar-refractivity contribution in [2.45, 2.75) is 19.3 Å². The highest BCUT2D eigenvalue weighted by Crippen LogP contribution is 2.40. The quantitative estimate of drug-likeness (QED) is 0.500. The summed E-state index contributed by atoms with van der Waals surface area (Å²) in [5.74, 6) is 2.09. The zero-order valence-corrected chi connectivity index (χ0v) is 17.9. The van der Waals surface area contributed by atoms with Gasteiger partial charge in [-0.2, -0.15) is 13.2 Å². The van der Waals surface area contributed by atoms with Gasteiger partial charge in [0.1, 0.15) is 12.4 Å². The van der Waals surface area contributed by atoms with Gasteiger partial charge >= 0.3 is 6.18 Å². The molecule has 0 radical (unpaired) electrons. The SMILES string of the molecule is COc1ccccc1-c1cc2c(c(OC)c1)OCCN(Cc1ccc(C(F)(F)F)cc1)C2. The molecule has 0 aromatic heterocycles. The Balaban J connectivity index is 1.63. The molecule has 3 aromatic rings. The van der Waals surface area contributed by atoms with Crippen molar-refractivity contribution in [3.8, 4) is 28.4 Å². The first-order valence-corrected chi connectivity index (χ1v) is 10.2. The second-order valence-corrected chi connectivity index (χ2v) is 7.62. The molecule has 1 heterocycles. The topological polar surface area (TPSA) is 30.9 Å². The predicted octanol–water partition coefficient (Wildman–Crippen LogP) is 5.78. The molecule has 0 atom stereocenters. The van der Waals surface area contributed by atoms with Gasteiger partial charge in [-0.3, -0.25) is 4.90 Å². The zero-order chi connectivity index (χ0) is 22.7. The van der Waals surface area contributed by atoms with Gasteiger partial charge in [0.2, 0.25) is 0 Å². The van der Waals surface area contributed by atoms with Crippen LogP contribution in [0.4, 0.5) is 13.2 Å². The first-order chi connectivity index (χ1) is 15.4. The summed E-state index contributed by atoms with van der Waals surface area (Å²) in [7, 11) is 3.24. The molecule has 4 rings (SSSR count). The van der Waals surface area contributed by atoms with Crippen LogP contribution in [0.1, 0.15) is 16.7 Å². The summed E-state index contributed by atoms with van der Waals surface area (Å²) in [6.45, 7) is 2.19. The smallest absolute Gasteiger partial charge is 0.416 e. The van der Waals surface area contributed by atoms with E-state index in [0.717, 1.165) is 40.1 Å². The molecule has 0 unspecified atom stereocenters. The molecule has 3 aromatic carbocycles. The number of hydrogen-bond acceptors (Lipinski definition) is 4. The van der Waals surface area contributed by atoms with E-state index < -0.39 is 11.7 Å². The maximum absolute atomic E-state index is 12.9. The molecule has 168 valence electrons. The Morgan fingerprint density at radius 2 is 1.66 bits per heavy atom. The molecule has 0 saturated carbocycles. The maximum Gasteiger partial charge on any atom is 0.416 e. The molecule has 0 N–H and O–H groups in total. The molecular weight excluding hydrogens is 419 g/mol. The molecule has 0 saturated heterocycles. The van der Waals surface area contributed by atoms with Crippen molar-refractivity contribution in [3.63, 3.8) is 0 Å². The van der Waals surface area contributed by atoms with Crippen LogP contribution in [0.5, 0.6) is 17.2 Å². The normalized spacial score (nSPS) is 14.3. The highest BCUT2D eigenvalue weighted by atomic mass is 19.4. The van der Waals surface area contributed by atoms with Crippen LogP contribution < -0.4 is 14.2 Å². The van der Waals surface area contributed by atoms with E-state index in [1.165, 1.54) is 12.1 Å². The van der Waals surface area contributed by atoms with Gasteiger partial charge in [0.05, 0.1) is 19.8 Å². The summed E-state index contributed by atoms with van der Waals surface area (Å²) >= 11 is 0. The van der Waals surface area contributed by atoms with Gasteiger partial charge in [0.25, 0.3) is 0 Å². The van der Waals surface area contributed by atoms with Crippen LogP contribution >= 0.6 is 0 Å². The molecule has 7 heteroatoms. The zero-order valence-electron chi connectivity index (χ0n) is 17.9. The second kappa shape index (κ2) is 9.12. The number of benzene rings is 3. The summed E-state index contributed by atoms with van der Waals surface area (Å²) in [6.07, 6.45) is -4.33. The fourth-order valence-electron chi connectivity index (χ4n) is 3.92. The fourth-order valence-corrected chi connectivity index (χ4v) is 3.92. The molecule has 0 aliphatic carbocycles. The highest BCUT2D eigenvalue weighted by molar-refractivity contribution is 5.74. The van der Waals surface area contributed by atoms with Gasteiger partial charge in [0, 0.05) is 30.8 Å². The fraction of sp³-hybridized carbons (Fsp3) is 0.280. The summed E-state index contributed by atoms with van der Waals surface area (Å²) in [5.41, 5.74) is 3.01. The van der Waals surface area contributed by atoms with E-state index in [0.29, 0.717) is 37.7 Å². The third-order valence-corrected chi connectivity index (χ3v) is 5.50. The molecule has 4 nitrogen and oxygen atoms in total. The Morgan fingerprint density at radius 1 is 0.938 bits per heavy atom. The van der Waals surface area contributed by atoms with Gasteiger partial charge in [-0.15, -0.1) is 0 Å². The highest BCUT2D eigenvalue weighted by Gasteiger charge is 2.30. The number of para-hydroxylation sites is 1. The number of ether oxygens (including phenoxy) is 3.